The van der Waals surface area contributed by atoms with Crippen LogP contribution in [0.15, 0.2) is 53.1 Å². The quantitative estimate of drug-likeness (QED) is 0.481. The van der Waals surface area contributed by atoms with Gasteiger partial charge in [-0.3, -0.25) is 14.3 Å². The van der Waals surface area contributed by atoms with Crippen LogP contribution in [0.5, 0.6) is 5.75 Å². The fourth-order valence-electron chi connectivity index (χ4n) is 5.24. The molecule has 1 saturated carbocycles. The molecule has 5 rings (SSSR count). The number of fused-ring (bicyclic) bond motifs is 1. The second-order valence-corrected chi connectivity index (χ2v) is 9.95. The van der Waals surface area contributed by atoms with Gasteiger partial charge in [0, 0.05) is 18.7 Å². The lowest BCUT2D eigenvalue weighted by Gasteiger charge is -2.44. The predicted molar refractivity (Wildman–Crippen MR) is 135 cm³/mol. The van der Waals surface area contributed by atoms with Gasteiger partial charge < -0.3 is 19.4 Å². The van der Waals surface area contributed by atoms with Crippen molar-refractivity contribution < 1.29 is 18.7 Å². The van der Waals surface area contributed by atoms with Crippen LogP contribution in [-0.4, -0.2) is 44.7 Å². The minimum absolute atomic E-state index is 0.130. The topological polar surface area (TPSA) is 89.6 Å². The first kappa shape index (κ1) is 24.2. The number of nitrogens with one attached hydrogen (secondary N) is 1. The molecule has 190 valence electrons. The van der Waals surface area contributed by atoms with Crippen molar-refractivity contribution in [1.29, 1.82) is 0 Å². The third-order valence-electron chi connectivity index (χ3n) is 7.33. The van der Waals surface area contributed by atoms with Crippen LogP contribution in [-0.2, 0) is 17.9 Å². The first-order valence-corrected chi connectivity index (χ1v) is 12.9. The summed E-state index contributed by atoms with van der Waals surface area (Å²) >= 11 is 0. The predicted octanol–water partition coefficient (Wildman–Crippen LogP) is 4.80. The van der Waals surface area contributed by atoms with Crippen LogP contribution in [0.1, 0.15) is 68.4 Å². The molecule has 3 heterocycles. The fraction of sp³-hybridized carbons (Fsp3) is 0.464. The summed E-state index contributed by atoms with van der Waals surface area (Å²) in [7, 11) is 0. The fourth-order valence-corrected chi connectivity index (χ4v) is 5.24. The summed E-state index contributed by atoms with van der Waals surface area (Å²) < 4.78 is 12.7. The third kappa shape index (κ3) is 4.76. The highest BCUT2D eigenvalue weighted by Crippen LogP contribution is 2.32. The van der Waals surface area contributed by atoms with Crippen LogP contribution in [0.3, 0.4) is 0 Å². The maximum atomic E-state index is 13.9. The molecule has 2 aliphatic rings. The number of aromatic nitrogens is 2. The second-order valence-electron chi connectivity index (χ2n) is 9.95. The van der Waals surface area contributed by atoms with Gasteiger partial charge in [0.25, 0.3) is 5.91 Å². The number of carbonyl (C=O) groups excluding carboxylic acids is 2. The van der Waals surface area contributed by atoms with Crippen LogP contribution < -0.4 is 10.1 Å². The second kappa shape index (κ2) is 10.2. The van der Waals surface area contributed by atoms with E-state index in [4.69, 9.17) is 9.15 Å². The van der Waals surface area contributed by atoms with Crippen molar-refractivity contribution in [3.63, 3.8) is 0 Å². The molecule has 0 radical (unpaired) electrons. The number of amides is 2. The Labute approximate surface area is 211 Å². The lowest BCUT2D eigenvalue weighted by Crippen LogP contribution is -2.64. The van der Waals surface area contributed by atoms with Gasteiger partial charge in [-0.1, -0.05) is 37.8 Å². The molecule has 36 heavy (non-hydrogen) atoms. The molecule has 1 aliphatic carbocycles. The van der Waals surface area contributed by atoms with E-state index in [0.29, 0.717) is 30.3 Å². The Morgan fingerprint density at radius 1 is 1.17 bits per heavy atom. The van der Waals surface area contributed by atoms with Gasteiger partial charge in [-0.15, -0.1) is 0 Å². The molecule has 8 nitrogen and oxygen atoms in total. The lowest BCUT2D eigenvalue weighted by atomic mass is 9.93. The van der Waals surface area contributed by atoms with Crippen LogP contribution in [0, 0.1) is 0 Å². The highest BCUT2D eigenvalue weighted by Gasteiger charge is 2.48. The van der Waals surface area contributed by atoms with Gasteiger partial charge >= 0.3 is 0 Å². The molecule has 8 heteroatoms. The van der Waals surface area contributed by atoms with Gasteiger partial charge in [0.2, 0.25) is 5.91 Å². The van der Waals surface area contributed by atoms with Crippen molar-refractivity contribution in [3.8, 4) is 17.2 Å². The number of benzene rings is 1. The number of rotatable bonds is 7. The van der Waals surface area contributed by atoms with Gasteiger partial charge in [0.1, 0.15) is 22.7 Å². The molecule has 1 unspecified atom stereocenters. The van der Waals surface area contributed by atoms with Gasteiger partial charge in [0.15, 0.2) is 5.76 Å². The van der Waals surface area contributed by atoms with Crippen LogP contribution in [0.4, 0.5) is 0 Å². The van der Waals surface area contributed by atoms with Gasteiger partial charge in [-0.25, -0.2) is 0 Å². The summed E-state index contributed by atoms with van der Waals surface area (Å²) in [6.45, 7) is 4.96. The number of hydrogen-bond acceptors (Lipinski definition) is 5. The summed E-state index contributed by atoms with van der Waals surface area (Å²) in [5, 5.41) is 7.92. The number of nitrogens with zero attached hydrogens (tertiary/aromatic N) is 3. The summed E-state index contributed by atoms with van der Waals surface area (Å²) in [6.07, 6.45) is 8.18. The molecule has 2 aromatic heterocycles. The molecule has 0 bridgehead atoms. The molecule has 2 amide bonds. The van der Waals surface area contributed by atoms with Crippen molar-refractivity contribution in [2.45, 2.75) is 77.0 Å². The number of hydrogen-bond donors (Lipinski definition) is 1. The van der Waals surface area contributed by atoms with E-state index in [0.717, 1.165) is 37.0 Å². The molecule has 1 aliphatic heterocycles. The molecule has 1 atom stereocenters. The SMILES string of the molecule is CCOc1ccc(CN2C(=O)c3cc(-c4ccco4)nn3CC2(C)C(=O)NC2CCCCCC2)cc1. The van der Waals surface area contributed by atoms with E-state index in [9.17, 15) is 9.59 Å². The summed E-state index contributed by atoms with van der Waals surface area (Å²) in [5.41, 5.74) is 0.867. The van der Waals surface area contributed by atoms with Gasteiger partial charge in [-0.05, 0) is 56.5 Å². The Morgan fingerprint density at radius 2 is 1.92 bits per heavy atom. The van der Waals surface area contributed by atoms with Gasteiger partial charge in [0.05, 0.1) is 19.4 Å². The van der Waals surface area contributed by atoms with Crippen LogP contribution >= 0.6 is 0 Å². The van der Waals surface area contributed by atoms with Crippen molar-refractivity contribution in [2.75, 3.05) is 6.61 Å². The maximum Gasteiger partial charge on any atom is 0.273 e. The van der Waals surface area contributed by atoms with E-state index < -0.39 is 5.54 Å². The van der Waals surface area contributed by atoms with E-state index in [-0.39, 0.29) is 24.4 Å². The first-order chi connectivity index (χ1) is 17.5. The highest BCUT2D eigenvalue weighted by atomic mass is 16.5. The number of furan rings is 1. The zero-order valence-corrected chi connectivity index (χ0v) is 21.0. The monoisotopic (exact) mass is 490 g/mol. The largest absolute Gasteiger partial charge is 0.494 e. The third-order valence-corrected chi connectivity index (χ3v) is 7.33. The summed E-state index contributed by atoms with van der Waals surface area (Å²) in [6, 6.07) is 13.2. The molecule has 0 saturated heterocycles. The molecular formula is C28H34N4O4. The molecule has 1 aromatic carbocycles. The van der Waals surface area contributed by atoms with E-state index in [1.165, 1.54) is 12.8 Å². The minimum atomic E-state index is -1.10. The van der Waals surface area contributed by atoms with Crippen molar-refractivity contribution in [3.05, 3.63) is 60.0 Å². The smallest absolute Gasteiger partial charge is 0.273 e. The zero-order valence-electron chi connectivity index (χ0n) is 21.0. The van der Waals surface area contributed by atoms with Crippen molar-refractivity contribution in [1.82, 2.24) is 20.0 Å². The van der Waals surface area contributed by atoms with E-state index in [1.807, 2.05) is 44.2 Å². The molecule has 0 spiro atoms. The van der Waals surface area contributed by atoms with E-state index in [1.54, 1.807) is 28.0 Å². The Kier molecular flexibility index (Phi) is 6.85. The average molecular weight is 491 g/mol. The molecule has 1 N–H and O–H groups in total. The minimum Gasteiger partial charge on any atom is -0.494 e. The average Bonchev–Trinajstić information content (AvgIpc) is 3.48. The highest BCUT2D eigenvalue weighted by molar-refractivity contribution is 6.00. The maximum absolute atomic E-state index is 13.9. The lowest BCUT2D eigenvalue weighted by molar-refractivity contribution is -0.134. The van der Waals surface area contributed by atoms with Crippen LogP contribution in [0.25, 0.3) is 11.5 Å². The van der Waals surface area contributed by atoms with Gasteiger partial charge in [-0.2, -0.15) is 5.10 Å². The number of carbonyl (C=O) groups is 2. The van der Waals surface area contributed by atoms with Crippen LogP contribution in [0.2, 0.25) is 0 Å². The normalized spacial score (nSPS) is 20.6. The summed E-state index contributed by atoms with van der Waals surface area (Å²) in [4.78, 5) is 29.4. The number of ether oxygens (including phenoxy) is 1. The van der Waals surface area contributed by atoms with Crippen molar-refractivity contribution >= 4 is 11.8 Å². The molecular weight excluding hydrogens is 456 g/mol. The summed E-state index contributed by atoms with van der Waals surface area (Å²) in [5.74, 6) is 1.02. The van der Waals surface area contributed by atoms with E-state index >= 15 is 0 Å². The Bertz CT molecular complexity index is 1190. The first-order valence-electron chi connectivity index (χ1n) is 12.9. The Balaban J connectivity index is 1.47. The van der Waals surface area contributed by atoms with E-state index in [2.05, 4.69) is 10.4 Å². The Hall–Kier alpha value is -3.55. The zero-order chi connectivity index (χ0) is 25.1. The molecule has 1 fully saturated rings. The Morgan fingerprint density at radius 3 is 2.58 bits per heavy atom. The standard InChI is InChI=1S/C28H34N4O4/c1-3-35-22-14-12-20(13-15-22)18-31-26(33)24-17-23(25-11-8-16-36-25)30-32(24)19-28(31,2)27(34)29-21-9-6-4-5-7-10-21/h8,11-17,21H,3-7,9-10,18-19H2,1-2H3,(H,29,34). The molecule has 3 aromatic rings. The van der Waals surface area contributed by atoms with Crippen molar-refractivity contribution in [2.24, 2.45) is 0 Å².